The van der Waals surface area contributed by atoms with Crippen LogP contribution in [0.4, 0.5) is 21.7 Å². The first-order chi connectivity index (χ1) is 10.1. The van der Waals surface area contributed by atoms with E-state index in [1.807, 2.05) is 12.3 Å². The van der Waals surface area contributed by atoms with Crippen LogP contribution in [-0.2, 0) is 0 Å². The van der Waals surface area contributed by atoms with E-state index < -0.39 is 0 Å². The van der Waals surface area contributed by atoms with E-state index in [-0.39, 0.29) is 5.82 Å². The van der Waals surface area contributed by atoms with Crippen LogP contribution >= 0.6 is 27.7 Å². The summed E-state index contributed by atoms with van der Waals surface area (Å²) in [4.78, 5) is 8.79. The van der Waals surface area contributed by atoms with Gasteiger partial charge in [-0.05, 0) is 46.8 Å². The van der Waals surface area contributed by atoms with Gasteiger partial charge in [0.2, 0.25) is 0 Å². The van der Waals surface area contributed by atoms with Crippen molar-refractivity contribution in [3.05, 3.63) is 34.6 Å². The molecule has 0 amide bonds. The van der Waals surface area contributed by atoms with E-state index in [9.17, 15) is 4.39 Å². The van der Waals surface area contributed by atoms with Crippen molar-refractivity contribution in [2.75, 3.05) is 23.4 Å². The van der Waals surface area contributed by atoms with Crippen molar-refractivity contribution in [2.45, 2.75) is 18.5 Å². The Hall–Kier alpha value is -1.34. The van der Waals surface area contributed by atoms with Crippen LogP contribution < -0.4 is 10.6 Å². The van der Waals surface area contributed by atoms with Gasteiger partial charge in [-0.15, -0.1) is 0 Å². The SMILES string of the molecule is CCCNc1cc(Nc2ccc(F)c(Br)c2)nc(SC)n1. The fraction of sp³-hybridized carbons (Fsp3) is 0.286. The average Bonchev–Trinajstić information content (AvgIpc) is 2.48. The number of benzene rings is 1. The number of nitrogens with zero attached hydrogens (tertiary/aromatic N) is 2. The summed E-state index contributed by atoms with van der Waals surface area (Å²) in [6.07, 6.45) is 2.95. The maximum Gasteiger partial charge on any atom is 0.191 e. The fourth-order valence-electron chi connectivity index (χ4n) is 1.65. The number of thioether (sulfide) groups is 1. The highest BCUT2D eigenvalue weighted by Gasteiger charge is 2.06. The summed E-state index contributed by atoms with van der Waals surface area (Å²) in [7, 11) is 0. The third-order valence-electron chi connectivity index (χ3n) is 2.64. The van der Waals surface area contributed by atoms with Crippen LogP contribution in [0.25, 0.3) is 0 Å². The highest BCUT2D eigenvalue weighted by molar-refractivity contribution is 9.10. The minimum Gasteiger partial charge on any atom is -0.370 e. The average molecular weight is 371 g/mol. The topological polar surface area (TPSA) is 49.8 Å². The molecule has 0 bridgehead atoms. The zero-order chi connectivity index (χ0) is 15.2. The van der Waals surface area contributed by atoms with Crippen molar-refractivity contribution in [1.82, 2.24) is 9.97 Å². The number of hydrogen-bond donors (Lipinski definition) is 2. The molecule has 4 nitrogen and oxygen atoms in total. The minimum atomic E-state index is -0.293. The number of hydrogen-bond acceptors (Lipinski definition) is 5. The molecule has 2 aromatic rings. The number of aromatic nitrogens is 2. The third kappa shape index (κ3) is 4.57. The summed E-state index contributed by atoms with van der Waals surface area (Å²) in [6.45, 7) is 2.95. The van der Waals surface area contributed by atoms with Crippen LogP contribution in [0.1, 0.15) is 13.3 Å². The maximum absolute atomic E-state index is 13.2. The quantitative estimate of drug-likeness (QED) is 0.571. The summed E-state index contributed by atoms with van der Waals surface area (Å²) in [5, 5.41) is 7.08. The zero-order valence-corrected chi connectivity index (χ0v) is 14.2. The monoisotopic (exact) mass is 370 g/mol. The number of anilines is 3. The second-order valence-electron chi connectivity index (χ2n) is 4.31. The van der Waals surface area contributed by atoms with Crippen molar-refractivity contribution < 1.29 is 4.39 Å². The Morgan fingerprint density at radius 2 is 2.00 bits per heavy atom. The fourth-order valence-corrected chi connectivity index (χ4v) is 2.40. The molecule has 1 aromatic carbocycles. The first-order valence-electron chi connectivity index (χ1n) is 6.51. The van der Waals surface area contributed by atoms with E-state index in [1.54, 1.807) is 12.1 Å². The van der Waals surface area contributed by atoms with E-state index in [2.05, 4.69) is 43.5 Å². The van der Waals surface area contributed by atoms with E-state index in [4.69, 9.17) is 0 Å². The number of rotatable bonds is 6. The van der Waals surface area contributed by atoms with Crippen molar-refractivity contribution in [3.8, 4) is 0 Å². The van der Waals surface area contributed by atoms with Crippen molar-refractivity contribution >= 4 is 45.0 Å². The molecule has 0 radical (unpaired) electrons. The van der Waals surface area contributed by atoms with Gasteiger partial charge in [-0.3, -0.25) is 0 Å². The Kier molecular flexibility index (Phi) is 5.81. The molecule has 0 aliphatic carbocycles. The van der Waals surface area contributed by atoms with Crippen LogP contribution in [-0.4, -0.2) is 22.8 Å². The number of halogens is 2. The Morgan fingerprint density at radius 1 is 1.24 bits per heavy atom. The second kappa shape index (κ2) is 7.61. The summed E-state index contributed by atoms with van der Waals surface area (Å²) >= 11 is 4.65. The lowest BCUT2D eigenvalue weighted by Gasteiger charge is -2.10. The summed E-state index contributed by atoms with van der Waals surface area (Å²) in [5.41, 5.74) is 0.760. The molecule has 112 valence electrons. The molecule has 0 atom stereocenters. The molecule has 0 fully saturated rings. The molecule has 0 spiro atoms. The Bertz CT molecular complexity index is 624. The molecule has 2 N–H and O–H groups in total. The van der Waals surface area contributed by atoms with Crippen LogP contribution in [0, 0.1) is 5.82 Å². The molecule has 0 aliphatic heterocycles. The summed E-state index contributed by atoms with van der Waals surface area (Å²) < 4.78 is 13.7. The first-order valence-corrected chi connectivity index (χ1v) is 8.53. The number of nitrogens with one attached hydrogen (secondary N) is 2. The van der Waals surface area contributed by atoms with Gasteiger partial charge >= 0.3 is 0 Å². The maximum atomic E-state index is 13.2. The minimum absolute atomic E-state index is 0.293. The van der Waals surface area contributed by atoms with Crippen LogP contribution in [0.3, 0.4) is 0 Å². The summed E-state index contributed by atoms with van der Waals surface area (Å²) in [5.74, 6) is 1.16. The highest BCUT2D eigenvalue weighted by atomic mass is 79.9. The lowest BCUT2D eigenvalue weighted by Crippen LogP contribution is -2.05. The Balaban J connectivity index is 2.23. The molecular weight excluding hydrogens is 355 g/mol. The van der Waals surface area contributed by atoms with E-state index in [1.165, 1.54) is 17.8 Å². The van der Waals surface area contributed by atoms with Crippen molar-refractivity contribution in [3.63, 3.8) is 0 Å². The molecule has 0 saturated heterocycles. The van der Waals surface area contributed by atoms with Gasteiger partial charge in [0.25, 0.3) is 0 Å². The molecule has 21 heavy (non-hydrogen) atoms. The van der Waals surface area contributed by atoms with E-state index >= 15 is 0 Å². The second-order valence-corrected chi connectivity index (χ2v) is 5.93. The van der Waals surface area contributed by atoms with E-state index in [0.717, 1.165) is 24.5 Å². The first kappa shape index (κ1) is 16.0. The molecule has 2 rings (SSSR count). The van der Waals surface area contributed by atoms with Gasteiger partial charge in [-0.1, -0.05) is 18.7 Å². The molecular formula is C14H16BrFN4S. The largest absolute Gasteiger partial charge is 0.370 e. The smallest absolute Gasteiger partial charge is 0.191 e. The third-order valence-corrected chi connectivity index (χ3v) is 3.79. The predicted molar refractivity (Wildman–Crippen MR) is 90.0 cm³/mol. The van der Waals surface area contributed by atoms with Crippen LogP contribution in [0.5, 0.6) is 0 Å². The Labute approximate surface area is 136 Å². The molecule has 0 aliphatic rings. The predicted octanol–water partition coefficient (Wildman–Crippen LogP) is 4.67. The van der Waals surface area contributed by atoms with Gasteiger partial charge in [0.15, 0.2) is 5.16 Å². The van der Waals surface area contributed by atoms with Crippen LogP contribution in [0.15, 0.2) is 33.9 Å². The molecule has 1 aromatic heterocycles. The summed E-state index contributed by atoms with van der Waals surface area (Å²) in [6, 6.07) is 6.58. The highest BCUT2D eigenvalue weighted by Crippen LogP contribution is 2.24. The van der Waals surface area contributed by atoms with Gasteiger partial charge < -0.3 is 10.6 Å². The van der Waals surface area contributed by atoms with E-state index in [0.29, 0.717) is 15.4 Å². The van der Waals surface area contributed by atoms with Crippen LogP contribution in [0.2, 0.25) is 0 Å². The van der Waals surface area contributed by atoms with Gasteiger partial charge in [0.1, 0.15) is 17.5 Å². The normalized spacial score (nSPS) is 10.5. The lowest BCUT2D eigenvalue weighted by molar-refractivity contribution is 0.621. The zero-order valence-electron chi connectivity index (χ0n) is 11.8. The van der Waals surface area contributed by atoms with Crippen molar-refractivity contribution in [2.24, 2.45) is 0 Å². The molecule has 0 saturated carbocycles. The van der Waals surface area contributed by atoms with Gasteiger partial charge in [0, 0.05) is 18.3 Å². The van der Waals surface area contributed by atoms with Gasteiger partial charge in [0.05, 0.1) is 4.47 Å². The standard InChI is InChI=1S/C14H16BrFN4S/c1-3-6-17-12-8-13(20-14(19-12)21-2)18-9-4-5-11(16)10(15)7-9/h4-5,7-8H,3,6H2,1-2H3,(H2,17,18,19,20). The molecule has 0 unspecified atom stereocenters. The van der Waals surface area contributed by atoms with Gasteiger partial charge in [-0.25, -0.2) is 14.4 Å². The Morgan fingerprint density at radius 3 is 2.67 bits per heavy atom. The van der Waals surface area contributed by atoms with Crippen molar-refractivity contribution in [1.29, 1.82) is 0 Å². The van der Waals surface area contributed by atoms with Gasteiger partial charge in [-0.2, -0.15) is 0 Å². The lowest BCUT2D eigenvalue weighted by atomic mass is 10.3. The molecule has 1 heterocycles. The molecule has 7 heteroatoms.